The van der Waals surface area contributed by atoms with Crippen LogP contribution in [0.2, 0.25) is 0 Å². The van der Waals surface area contributed by atoms with Gasteiger partial charge in [-0.3, -0.25) is 4.79 Å². The zero-order valence-electron chi connectivity index (χ0n) is 25.1. The van der Waals surface area contributed by atoms with Gasteiger partial charge in [-0.15, -0.1) is 0 Å². The number of benzene rings is 3. The highest BCUT2D eigenvalue weighted by Crippen LogP contribution is 2.40. The second kappa shape index (κ2) is 13.3. The molecule has 0 fully saturated rings. The predicted octanol–water partition coefficient (Wildman–Crippen LogP) is 7.00. The fraction of sp³-hybridized carbons (Fsp3) is 0.375. The average molecular weight is 660 g/mol. The summed E-state index contributed by atoms with van der Waals surface area (Å²) in [7, 11) is -4.09. The molecule has 3 rings (SSSR count). The molecular weight excluding hydrogens is 620 g/mol. The third-order valence-electron chi connectivity index (χ3n) is 6.39. The van der Waals surface area contributed by atoms with Gasteiger partial charge in [0.05, 0.1) is 17.3 Å². The quantitative estimate of drug-likeness (QED) is 0.138. The van der Waals surface area contributed by atoms with Crippen molar-refractivity contribution in [3.63, 3.8) is 0 Å². The molecule has 0 unspecified atom stereocenters. The van der Waals surface area contributed by atoms with Crippen LogP contribution in [0.4, 0.5) is 0 Å². The number of amides is 1. The first-order chi connectivity index (χ1) is 19.5. The lowest BCUT2D eigenvalue weighted by molar-refractivity contribution is -0.121. The molecule has 1 amide bonds. The number of nitrogens with one attached hydrogen (secondary N) is 1. The first-order valence-electron chi connectivity index (χ1n) is 13.7. The standard InChI is InChI=1S/C32H39BrN2O6S/c1-8-40-27-19-22(18-26(33)30(27)41-42(38,39)23-12-10-9-11-13-23)20-34-35-28(36)15-14-21-16-24(31(2,3)4)29(37)25(17-21)32(5,6)7/h9-13,16-20,37H,8,14-15H2,1-7H3,(H,35,36)/b34-20-. The molecule has 42 heavy (non-hydrogen) atoms. The monoisotopic (exact) mass is 658 g/mol. The van der Waals surface area contributed by atoms with Crippen molar-refractivity contribution in [3.05, 3.63) is 81.3 Å². The summed E-state index contributed by atoms with van der Waals surface area (Å²) in [5.41, 5.74) is 5.25. The Morgan fingerprint density at radius 2 is 1.60 bits per heavy atom. The van der Waals surface area contributed by atoms with Crippen molar-refractivity contribution >= 4 is 38.2 Å². The molecule has 0 aliphatic heterocycles. The second-order valence-electron chi connectivity index (χ2n) is 11.9. The number of halogens is 1. The number of hydrazone groups is 1. The minimum absolute atomic E-state index is 0.0139. The summed E-state index contributed by atoms with van der Waals surface area (Å²) in [6.07, 6.45) is 2.12. The van der Waals surface area contributed by atoms with Crippen LogP contribution in [0, 0.1) is 0 Å². The summed E-state index contributed by atoms with van der Waals surface area (Å²) in [5.74, 6) is 0.252. The lowest BCUT2D eigenvalue weighted by Crippen LogP contribution is -2.20. The Kier molecular flexibility index (Phi) is 10.5. The molecule has 0 aliphatic carbocycles. The van der Waals surface area contributed by atoms with Gasteiger partial charge in [-0.1, -0.05) is 71.9 Å². The van der Waals surface area contributed by atoms with Gasteiger partial charge >= 0.3 is 10.1 Å². The summed E-state index contributed by atoms with van der Waals surface area (Å²) in [4.78, 5) is 12.6. The Labute approximate surface area is 257 Å². The molecule has 226 valence electrons. The molecule has 0 heterocycles. The topological polar surface area (TPSA) is 114 Å². The Morgan fingerprint density at radius 3 is 2.14 bits per heavy atom. The van der Waals surface area contributed by atoms with E-state index in [0.29, 0.717) is 22.2 Å². The van der Waals surface area contributed by atoms with E-state index in [4.69, 9.17) is 8.92 Å². The number of hydrogen-bond acceptors (Lipinski definition) is 7. The smallest absolute Gasteiger partial charge is 0.339 e. The molecule has 0 atom stereocenters. The van der Waals surface area contributed by atoms with Gasteiger partial charge < -0.3 is 14.0 Å². The van der Waals surface area contributed by atoms with Gasteiger partial charge in [0.25, 0.3) is 0 Å². The summed E-state index contributed by atoms with van der Waals surface area (Å²) in [5, 5.41) is 15.0. The number of ether oxygens (including phenoxy) is 1. The highest BCUT2D eigenvalue weighted by atomic mass is 79.9. The van der Waals surface area contributed by atoms with Crippen LogP contribution in [-0.4, -0.2) is 32.3 Å². The SMILES string of the molecule is CCOc1cc(/C=N\NC(=O)CCc2cc(C(C)(C)C)c(O)c(C(C)(C)C)c2)cc(Br)c1OS(=O)(=O)c1ccccc1. The van der Waals surface area contributed by atoms with Crippen LogP contribution in [0.5, 0.6) is 17.2 Å². The number of carbonyl (C=O) groups excluding carboxylic acids is 1. The third kappa shape index (κ3) is 8.58. The fourth-order valence-electron chi connectivity index (χ4n) is 4.23. The molecule has 0 saturated heterocycles. The molecule has 0 spiro atoms. The second-order valence-corrected chi connectivity index (χ2v) is 14.3. The largest absolute Gasteiger partial charge is 0.507 e. The van der Waals surface area contributed by atoms with Crippen LogP contribution < -0.4 is 14.3 Å². The molecule has 2 N–H and O–H groups in total. The molecule has 0 bridgehead atoms. The van der Waals surface area contributed by atoms with Crippen LogP contribution in [0.25, 0.3) is 0 Å². The number of phenols is 1. The Morgan fingerprint density at radius 1 is 1.00 bits per heavy atom. The third-order valence-corrected chi connectivity index (χ3v) is 8.21. The van der Waals surface area contributed by atoms with E-state index in [-0.39, 0.29) is 46.2 Å². The number of aromatic hydroxyl groups is 1. The van der Waals surface area contributed by atoms with Gasteiger partial charge in [0.15, 0.2) is 11.5 Å². The van der Waals surface area contributed by atoms with Gasteiger partial charge in [-0.2, -0.15) is 13.5 Å². The Hall–Kier alpha value is -3.37. The van der Waals surface area contributed by atoms with E-state index in [0.717, 1.165) is 16.7 Å². The minimum Gasteiger partial charge on any atom is -0.507 e. The summed E-state index contributed by atoms with van der Waals surface area (Å²) in [6, 6.07) is 15.0. The van der Waals surface area contributed by atoms with Crippen molar-refractivity contribution in [1.29, 1.82) is 0 Å². The lowest BCUT2D eigenvalue weighted by atomic mass is 9.78. The zero-order chi connectivity index (χ0) is 31.3. The van der Waals surface area contributed by atoms with Crippen LogP contribution in [0.15, 0.2) is 69.1 Å². The molecule has 0 saturated carbocycles. The van der Waals surface area contributed by atoms with Crippen LogP contribution in [0.3, 0.4) is 0 Å². The highest BCUT2D eigenvalue weighted by Gasteiger charge is 2.27. The van der Waals surface area contributed by atoms with E-state index < -0.39 is 10.1 Å². The van der Waals surface area contributed by atoms with E-state index in [1.54, 1.807) is 37.3 Å². The maximum atomic E-state index is 12.8. The van der Waals surface area contributed by atoms with Crippen molar-refractivity contribution in [2.75, 3.05) is 6.61 Å². The van der Waals surface area contributed by atoms with Crippen molar-refractivity contribution in [3.8, 4) is 17.2 Å². The van der Waals surface area contributed by atoms with Crippen molar-refractivity contribution in [2.24, 2.45) is 5.10 Å². The molecule has 0 aromatic heterocycles. The van der Waals surface area contributed by atoms with Crippen LogP contribution in [0.1, 0.15) is 77.1 Å². The van der Waals surface area contributed by atoms with Crippen molar-refractivity contribution in [2.45, 2.75) is 77.0 Å². The zero-order valence-corrected chi connectivity index (χ0v) is 27.5. The lowest BCUT2D eigenvalue weighted by Gasteiger charge is -2.28. The van der Waals surface area contributed by atoms with Crippen molar-refractivity contribution < 1.29 is 27.2 Å². The minimum atomic E-state index is -4.09. The number of phenolic OH excluding ortho intramolecular Hbond substituents is 1. The summed E-state index contributed by atoms with van der Waals surface area (Å²) >= 11 is 3.37. The normalized spacial score (nSPS) is 12.4. The number of rotatable bonds is 10. The van der Waals surface area contributed by atoms with E-state index in [2.05, 4.69) is 68.0 Å². The van der Waals surface area contributed by atoms with E-state index in [1.807, 2.05) is 12.1 Å². The first kappa shape index (κ1) is 33.1. The van der Waals surface area contributed by atoms with Crippen LogP contribution >= 0.6 is 15.9 Å². The summed E-state index contributed by atoms with van der Waals surface area (Å²) < 4.78 is 36.9. The first-order valence-corrected chi connectivity index (χ1v) is 15.9. The fourth-order valence-corrected chi connectivity index (χ4v) is 5.85. The molecule has 3 aromatic carbocycles. The molecule has 0 radical (unpaired) electrons. The highest BCUT2D eigenvalue weighted by molar-refractivity contribution is 9.10. The van der Waals surface area contributed by atoms with E-state index >= 15 is 0 Å². The maximum absolute atomic E-state index is 12.8. The summed E-state index contributed by atoms with van der Waals surface area (Å²) in [6.45, 7) is 14.4. The van der Waals surface area contributed by atoms with E-state index in [9.17, 15) is 18.3 Å². The maximum Gasteiger partial charge on any atom is 0.339 e. The van der Waals surface area contributed by atoms with Gasteiger partial charge in [0.2, 0.25) is 5.91 Å². The number of hydrogen-bond donors (Lipinski definition) is 2. The number of carbonyl (C=O) groups is 1. The number of nitrogens with zero attached hydrogens (tertiary/aromatic N) is 1. The Bertz CT molecular complexity index is 1520. The van der Waals surface area contributed by atoms with E-state index in [1.165, 1.54) is 18.3 Å². The Balaban J connectivity index is 1.73. The predicted molar refractivity (Wildman–Crippen MR) is 169 cm³/mol. The average Bonchev–Trinajstić information content (AvgIpc) is 2.89. The van der Waals surface area contributed by atoms with Gasteiger partial charge in [-0.25, -0.2) is 5.43 Å². The van der Waals surface area contributed by atoms with Crippen molar-refractivity contribution in [1.82, 2.24) is 5.43 Å². The number of aryl methyl sites for hydroxylation is 1. The molecule has 8 nitrogen and oxygen atoms in total. The van der Waals surface area contributed by atoms with Crippen LogP contribution in [-0.2, 0) is 32.2 Å². The molecule has 10 heteroatoms. The van der Waals surface area contributed by atoms with Gasteiger partial charge in [0, 0.05) is 6.42 Å². The van der Waals surface area contributed by atoms with Gasteiger partial charge in [0.1, 0.15) is 10.6 Å². The molecule has 3 aromatic rings. The molecular formula is C32H39BrN2O6S. The molecule has 0 aliphatic rings. The van der Waals surface area contributed by atoms with Gasteiger partial charge in [-0.05, 0) is 86.6 Å².